The molecule has 0 bridgehead atoms. The van der Waals surface area contributed by atoms with Crippen LogP contribution >= 0.6 is 0 Å². The highest BCUT2D eigenvalue weighted by molar-refractivity contribution is 7.92. The van der Waals surface area contributed by atoms with Gasteiger partial charge in [-0.05, 0) is 56.5 Å². The van der Waals surface area contributed by atoms with E-state index in [9.17, 15) is 8.42 Å². The van der Waals surface area contributed by atoms with Gasteiger partial charge in [0, 0.05) is 29.6 Å². The Kier molecular flexibility index (Phi) is 5.33. The fourth-order valence-electron chi connectivity index (χ4n) is 3.31. The van der Waals surface area contributed by atoms with Gasteiger partial charge in [-0.2, -0.15) is 5.26 Å². The van der Waals surface area contributed by atoms with Gasteiger partial charge in [-0.3, -0.25) is 14.7 Å². The number of aryl methyl sites for hydroxylation is 2. The highest BCUT2D eigenvalue weighted by Crippen LogP contribution is 2.46. The van der Waals surface area contributed by atoms with Gasteiger partial charge < -0.3 is 4.74 Å². The van der Waals surface area contributed by atoms with Crippen LogP contribution in [0, 0.1) is 25.2 Å². The molecule has 158 valence electrons. The summed E-state index contributed by atoms with van der Waals surface area (Å²) in [4.78, 5) is 13.3. The maximum absolute atomic E-state index is 11.9. The molecular formula is C22H21N5O3S. The van der Waals surface area contributed by atoms with E-state index < -0.39 is 10.0 Å². The largest absolute Gasteiger partial charge is 0.435 e. The van der Waals surface area contributed by atoms with Crippen LogP contribution in [0.15, 0.2) is 36.7 Å². The minimum absolute atomic E-state index is 0.112. The molecule has 1 aliphatic rings. The zero-order chi connectivity index (χ0) is 22.2. The summed E-state index contributed by atoms with van der Waals surface area (Å²) < 4.78 is 32.4. The summed E-state index contributed by atoms with van der Waals surface area (Å²) in [6.07, 6.45) is 6.20. The number of sulfonamides is 1. The molecule has 9 heteroatoms. The summed E-state index contributed by atoms with van der Waals surface area (Å²) in [6, 6.07) is 8.88. The van der Waals surface area contributed by atoms with Crippen molar-refractivity contribution in [2.45, 2.75) is 32.6 Å². The Balaban J connectivity index is 1.82. The topological polar surface area (TPSA) is 118 Å². The monoisotopic (exact) mass is 435 g/mol. The first-order valence-electron chi connectivity index (χ1n) is 9.74. The van der Waals surface area contributed by atoms with Crippen LogP contribution in [0.2, 0.25) is 0 Å². The SMILES string of the molecule is Cc1cc(C)c(Oc2nc(-c3cncc(C#N)c3)ccc2NS(C)(=O)=O)c(C2CC2)n1. The number of ether oxygens (including phenoxy) is 1. The maximum atomic E-state index is 11.9. The molecule has 4 rings (SSSR count). The van der Waals surface area contributed by atoms with Gasteiger partial charge in [0.15, 0.2) is 5.75 Å². The van der Waals surface area contributed by atoms with E-state index >= 15 is 0 Å². The zero-order valence-electron chi connectivity index (χ0n) is 17.4. The molecule has 0 spiro atoms. The van der Waals surface area contributed by atoms with E-state index in [1.807, 2.05) is 19.9 Å². The van der Waals surface area contributed by atoms with Gasteiger partial charge in [-0.15, -0.1) is 0 Å². The molecule has 3 heterocycles. The lowest BCUT2D eigenvalue weighted by atomic mass is 10.1. The number of rotatable bonds is 6. The molecule has 0 aliphatic heterocycles. The first-order chi connectivity index (χ1) is 14.7. The lowest BCUT2D eigenvalue weighted by molar-refractivity contribution is 0.452. The fourth-order valence-corrected chi connectivity index (χ4v) is 3.87. The second-order valence-electron chi connectivity index (χ2n) is 7.67. The van der Waals surface area contributed by atoms with Crippen molar-refractivity contribution < 1.29 is 13.2 Å². The molecule has 3 aromatic heterocycles. The minimum Gasteiger partial charge on any atom is -0.435 e. The van der Waals surface area contributed by atoms with Crippen LogP contribution < -0.4 is 9.46 Å². The van der Waals surface area contributed by atoms with Crippen molar-refractivity contribution in [3.05, 3.63) is 59.2 Å². The number of pyridine rings is 3. The standard InChI is InChI=1S/C22H21N5O3S/c1-13-8-14(2)25-20(16-4-5-16)21(13)30-22-19(27-31(3,28)29)7-6-18(26-22)17-9-15(10-23)11-24-12-17/h6-9,11-12,16,27H,4-5H2,1-3H3. The average Bonchev–Trinajstić information content (AvgIpc) is 3.55. The van der Waals surface area contributed by atoms with Crippen LogP contribution in [-0.4, -0.2) is 29.6 Å². The number of hydrogen-bond acceptors (Lipinski definition) is 7. The normalized spacial score (nSPS) is 13.5. The van der Waals surface area contributed by atoms with Crippen molar-refractivity contribution >= 4 is 15.7 Å². The number of anilines is 1. The molecule has 8 nitrogen and oxygen atoms in total. The van der Waals surface area contributed by atoms with E-state index in [-0.39, 0.29) is 11.6 Å². The first kappa shape index (κ1) is 20.8. The summed E-state index contributed by atoms with van der Waals surface area (Å²) in [6.45, 7) is 3.87. The van der Waals surface area contributed by atoms with Crippen LogP contribution in [-0.2, 0) is 10.0 Å². The van der Waals surface area contributed by atoms with E-state index in [0.717, 1.165) is 36.0 Å². The van der Waals surface area contributed by atoms with Crippen LogP contribution in [0.3, 0.4) is 0 Å². The average molecular weight is 436 g/mol. The van der Waals surface area contributed by atoms with Gasteiger partial charge in [0.2, 0.25) is 15.9 Å². The van der Waals surface area contributed by atoms with Crippen molar-refractivity contribution in [3.63, 3.8) is 0 Å². The third-order valence-electron chi connectivity index (χ3n) is 4.79. The highest BCUT2D eigenvalue weighted by atomic mass is 32.2. The Bertz CT molecular complexity index is 1310. The summed E-state index contributed by atoms with van der Waals surface area (Å²) in [5, 5.41) is 9.15. The molecule has 1 N–H and O–H groups in total. The Morgan fingerprint density at radius 2 is 1.94 bits per heavy atom. The molecule has 1 aliphatic carbocycles. The zero-order valence-corrected chi connectivity index (χ0v) is 18.2. The number of nitriles is 1. The molecule has 3 aromatic rings. The quantitative estimate of drug-likeness (QED) is 0.620. The van der Waals surface area contributed by atoms with Crippen molar-refractivity contribution in [3.8, 4) is 29.0 Å². The summed E-state index contributed by atoms with van der Waals surface area (Å²) in [7, 11) is -3.55. The Morgan fingerprint density at radius 3 is 2.61 bits per heavy atom. The van der Waals surface area contributed by atoms with E-state index in [2.05, 4.69) is 25.7 Å². The van der Waals surface area contributed by atoms with Crippen LogP contribution in [0.5, 0.6) is 11.6 Å². The highest BCUT2D eigenvalue weighted by Gasteiger charge is 2.30. The molecule has 31 heavy (non-hydrogen) atoms. The van der Waals surface area contributed by atoms with Crippen LogP contribution in [0.25, 0.3) is 11.3 Å². The second-order valence-corrected chi connectivity index (χ2v) is 9.42. The van der Waals surface area contributed by atoms with Gasteiger partial charge in [0.25, 0.3) is 0 Å². The molecule has 0 amide bonds. The minimum atomic E-state index is -3.55. The molecule has 0 unspecified atom stereocenters. The van der Waals surface area contributed by atoms with Crippen molar-refractivity contribution in [1.82, 2.24) is 15.0 Å². The van der Waals surface area contributed by atoms with Crippen molar-refractivity contribution in [1.29, 1.82) is 5.26 Å². The van der Waals surface area contributed by atoms with E-state index in [0.29, 0.717) is 28.5 Å². The molecule has 1 saturated carbocycles. The Morgan fingerprint density at radius 1 is 1.16 bits per heavy atom. The van der Waals surface area contributed by atoms with E-state index in [4.69, 9.17) is 10.00 Å². The van der Waals surface area contributed by atoms with E-state index in [1.54, 1.807) is 24.4 Å². The number of hydrogen-bond donors (Lipinski definition) is 1. The van der Waals surface area contributed by atoms with Crippen molar-refractivity contribution in [2.24, 2.45) is 0 Å². The molecule has 1 fully saturated rings. The third kappa shape index (κ3) is 4.81. The Labute approximate surface area is 181 Å². The van der Waals surface area contributed by atoms with Crippen molar-refractivity contribution in [2.75, 3.05) is 11.0 Å². The Hall–Kier alpha value is -3.51. The predicted octanol–water partition coefficient (Wildman–Crippen LogP) is 4.07. The summed E-state index contributed by atoms with van der Waals surface area (Å²) in [5.41, 5.74) is 4.41. The number of aromatic nitrogens is 3. The molecule has 0 aromatic carbocycles. The van der Waals surface area contributed by atoms with Gasteiger partial charge in [0.1, 0.15) is 11.8 Å². The lowest BCUT2D eigenvalue weighted by Crippen LogP contribution is -2.11. The summed E-state index contributed by atoms with van der Waals surface area (Å²) >= 11 is 0. The van der Waals surface area contributed by atoms with Gasteiger partial charge in [-0.25, -0.2) is 13.4 Å². The number of nitrogens with one attached hydrogen (secondary N) is 1. The molecular weight excluding hydrogens is 414 g/mol. The van der Waals surface area contributed by atoms with Gasteiger partial charge in [0.05, 0.1) is 23.2 Å². The third-order valence-corrected chi connectivity index (χ3v) is 5.39. The number of nitrogens with zero attached hydrogens (tertiary/aromatic N) is 4. The van der Waals surface area contributed by atoms with Gasteiger partial charge in [-0.1, -0.05) is 0 Å². The molecule has 0 saturated heterocycles. The second kappa shape index (κ2) is 7.96. The van der Waals surface area contributed by atoms with Crippen LogP contribution in [0.4, 0.5) is 5.69 Å². The molecule has 0 radical (unpaired) electrons. The fraction of sp³-hybridized carbons (Fsp3) is 0.273. The van der Waals surface area contributed by atoms with Gasteiger partial charge >= 0.3 is 0 Å². The molecule has 0 atom stereocenters. The maximum Gasteiger partial charge on any atom is 0.244 e. The van der Waals surface area contributed by atoms with Crippen LogP contribution in [0.1, 0.15) is 41.3 Å². The smallest absolute Gasteiger partial charge is 0.244 e. The lowest BCUT2D eigenvalue weighted by Gasteiger charge is -2.17. The van der Waals surface area contributed by atoms with E-state index in [1.165, 1.54) is 6.20 Å². The predicted molar refractivity (Wildman–Crippen MR) is 116 cm³/mol. The summed E-state index contributed by atoms with van der Waals surface area (Å²) in [5.74, 6) is 1.04. The first-order valence-corrected chi connectivity index (χ1v) is 11.6.